The van der Waals surface area contributed by atoms with Gasteiger partial charge in [-0.2, -0.15) is 0 Å². The van der Waals surface area contributed by atoms with Crippen LogP contribution in [0.5, 0.6) is 5.88 Å². The highest BCUT2D eigenvalue weighted by Crippen LogP contribution is 2.18. The third-order valence-corrected chi connectivity index (χ3v) is 4.67. The van der Waals surface area contributed by atoms with Crippen molar-refractivity contribution >= 4 is 22.1 Å². The molecule has 1 aromatic heterocycles. The molecule has 0 amide bonds. The normalized spacial score (nSPS) is 12.4. The first-order valence-corrected chi connectivity index (χ1v) is 9.31. The van der Waals surface area contributed by atoms with E-state index in [0.717, 1.165) is 14.6 Å². The summed E-state index contributed by atoms with van der Waals surface area (Å²) in [6.07, 6.45) is 1.66. The number of H-pyrrole nitrogens is 1. The van der Waals surface area contributed by atoms with E-state index in [0.29, 0.717) is 12.1 Å². The lowest BCUT2D eigenvalue weighted by molar-refractivity contribution is 0.266. The summed E-state index contributed by atoms with van der Waals surface area (Å²) in [7, 11) is 0. The van der Waals surface area contributed by atoms with E-state index in [1.807, 2.05) is 30.3 Å². The summed E-state index contributed by atoms with van der Waals surface area (Å²) in [6.45, 7) is -0.226. The molecular formula is C20H18BrN3O4. The molecule has 0 spiro atoms. The van der Waals surface area contributed by atoms with Crippen LogP contribution in [0, 0.1) is 0 Å². The fraction of sp³-hybridized carbons (Fsp3) is 0.150. The number of aliphatic hydroxyl groups is 1. The van der Waals surface area contributed by atoms with Crippen molar-refractivity contribution < 1.29 is 10.2 Å². The lowest BCUT2D eigenvalue weighted by Gasteiger charge is -2.11. The van der Waals surface area contributed by atoms with Crippen LogP contribution in [0.2, 0.25) is 0 Å². The minimum absolute atomic E-state index is 0.158. The van der Waals surface area contributed by atoms with Crippen molar-refractivity contribution in [2.45, 2.75) is 12.5 Å². The van der Waals surface area contributed by atoms with Gasteiger partial charge in [0, 0.05) is 10.7 Å². The molecule has 3 aromatic rings. The second-order valence-corrected chi connectivity index (χ2v) is 7.03. The SMILES string of the molecule is O=c1[nH]c(=O)n(-c2ccc(Br)cc2)c(O)c1C=N[C@H](CO)Cc1ccccc1. The molecule has 2 aromatic carbocycles. The van der Waals surface area contributed by atoms with Gasteiger partial charge >= 0.3 is 5.69 Å². The summed E-state index contributed by atoms with van der Waals surface area (Å²) in [4.78, 5) is 30.8. The van der Waals surface area contributed by atoms with Crippen LogP contribution in [0.1, 0.15) is 11.1 Å². The number of aromatic amines is 1. The molecule has 0 saturated heterocycles. The quantitative estimate of drug-likeness (QED) is 0.506. The van der Waals surface area contributed by atoms with Gasteiger partial charge in [0.05, 0.1) is 18.3 Å². The lowest BCUT2D eigenvalue weighted by atomic mass is 10.1. The number of aromatic nitrogens is 2. The summed E-state index contributed by atoms with van der Waals surface area (Å²) in [5.41, 5.74) is -0.300. The minimum atomic E-state index is -0.759. The van der Waals surface area contributed by atoms with Crippen molar-refractivity contribution in [3.63, 3.8) is 0 Å². The molecule has 7 nitrogen and oxygen atoms in total. The number of aromatic hydroxyl groups is 1. The second-order valence-electron chi connectivity index (χ2n) is 6.11. The van der Waals surface area contributed by atoms with Crippen LogP contribution >= 0.6 is 15.9 Å². The van der Waals surface area contributed by atoms with Gasteiger partial charge < -0.3 is 10.2 Å². The maximum atomic E-state index is 12.2. The van der Waals surface area contributed by atoms with E-state index < -0.39 is 23.2 Å². The van der Waals surface area contributed by atoms with Crippen LogP contribution in [0.15, 0.2) is 73.7 Å². The van der Waals surface area contributed by atoms with E-state index in [4.69, 9.17) is 0 Å². The van der Waals surface area contributed by atoms with Gasteiger partial charge in [0.1, 0.15) is 5.56 Å². The molecule has 0 unspecified atom stereocenters. The summed E-state index contributed by atoms with van der Waals surface area (Å²) in [5.74, 6) is -0.517. The number of rotatable bonds is 6. The van der Waals surface area contributed by atoms with E-state index in [-0.39, 0.29) is 12.2 Å². The predicted octanol–water partition coefficient (Wildman–Crippen LogP) is 2.02. The van der Waals surface area contributed by atoms with Gasteiger partial charge in [0.2, 0.25) is 5.88 Å². The molecule has 0 radical (unpaired) electrons. The molecule has 3 rings (SSSR count). The number of halogens is 1. The zero-order chi connectivity index (χ0) is 20.1. The molecule has 1 atom stereocenters. The molecule has 8 heteroatoms. The Morgan fingerprint density at radius 1 is 1.11 bits per heavy atom. The number of hydrogen-bond acceptors (Lipinski definition) is 5. The van der Waals surface area contributed by atoms with Crippen molar-refractivity contribution in [2.24, 2.45) is 4.99 Å². The molecule has 3 N–H and O–H groups in total. The van der Waals surface area contributed by atoms with E-state index in [2.05, 4.69) is 25.9 Å². The fourth-order valence-corrected chi connectivity index (χ4v) is 2.98. The number of nitrogens with zero attached hydrogens (tertiary/aromatic N) is 2. The first-order valence-electron chi connectivity index (χ1n) is 8.52. The second kappa shape index (κ2) is 8.81. The molecule has 0 saturated carbocycles. The number of benzene rings is 2. The Morgan fingerprint density at radius 3 is 2.43 bits per heavy atom. The standard InChI is InChI=1S/C20H18BrN3O4/c21-14-6-8-16(9-7-14)24-19(27)17(18(26)23-20(24)28)11-22-15(12-25)10-13-4-2-1-3-5-13/h1-9,11,15,25,27H,10,12H2,(H,23,26,28)/t15-/m0/s1. The van der Waals surface area contributed by atoms with Crippen LogP contribution < -0.4 is 11.2 Å². The Morgan fingerprint density at radius 2 is 1.79 bits per heavy atom. The lowest BCUT2D eigenvalue weighted by Crippen LogP contribution is -2.31. The summed E-state index contributed by atoms with van der Waals surface area (Å²) in [6, 6.07) is 15.7. The molecule has 0 aliphatic carbocycles. The van der Waals surface area contributed by atoms with Gasteiger partial charge in [-0.25, -0.2) is 9.36 Å². The monoisotopic (exact) mass is 443 g/mol. The minimum Gasteiger partial charge on any atom is -0.493 e. The van der Waals surface area contributed by atoms with Crippen LogP contribution in [0.4, 0.5) is 0 Å². The highest BCUT2D eigenvalue weighted by atomic mass is 79.9. The van der Waals surface area contributed by atoms with Gasteiger partial charge in [-0.3, -0.25) is 14.8 Å². The number of aliphatic imine (C=N–C) groups is 1. The van der Waals surface area contributed by atoms with Gasteiger partial charge in [0.15, 0.2) is 0 Å². The summed E-state index contributed by atoms with van der Waals surface area (Å²) < 4.78 is 1.79. The molecule has 0 aliphatic heterocycles. The molecule has 144 valence electrons. The molecule has 0 aliphatic rings. The van der Waals surface area contributed by atoms with Gasteiger partial charge in [-0.15, -0.1) is 0 Å². The van der Waals surface area contributed by atoms with E-state index in [1.165, 1.54) is 6.21 Å². The van der Waals surface area contributed by atoms with Crippen LogP contribution in [-0.4, -0.2) is 38.6 Å². The van der Waals surface area contributed by atoms with Crippen molar-refractivity contribution in [1.82, 2.24) is 9.55 Å². The largest absolute Gasteiger partial charge is 0.493 e. The van der Waals surface area contributed by atoms with E-state index in [9.17, 15) is 19.8 Å². The third-order valence-electron chi connectivity index (χ3n) is 4.15. The van der Waals surface area contributed by atoms with Gasteiger partial charge in [-0.1, -0.05) is 46.3 Å². The number of hydrogen-bond donors (Lipinski definition) is 3. The van der Waals surface area contributed by atoms with Crippen LogP contribution in [0.25, 0.3) is 5.69 Å². The van der Waals surface area contributed by atoms with E-state index in [1.54, 1.807) is 24.3 Å². The average molecular weight is 444 g/mol. The Hall–Kier alpha value is -2.97. The molecule has 1 heterocycles. The summed E-state index contributed by atoms with van der Waals surface area (Å²) >= 11 is 3.30. The maximum absolute atomic E-state index is 12.2. The first kappa shape index (κ1) is 19.8. The van der Waals surface area contributed by atoms with Gasteiger partial charge in [0.25, 0.3) is 5.56 Å². The van der Waals surface area contributed by atoms with Gasteiger partial charge in [-0.05, 0) is 36.2 Å². The Balaban J connectivity index is 1.96. The van der Waals surface area contributed by atoms with Crippen molar-refractivity contribution in [2.75, 3.05) is 6.61 Å². The zero-order valence-corrected chi connectivity index (χ0v) is 16.3. The Bertz CT molecular complexity index is 1090. The number of nitrogens with one attached hydrogen (secondary N) is 1. The molecule has 0 bridgehead atoms. The predicted molar refractivity (Wildman–Crippen MR) is 111 cm³/mol. The van der Waals surface area contributed by atoms with Crippen LogP contribution in [0.3, 0.4) is 0 Å². The van der Waals surface area contributed by atoms with Crippen molar-refractivity contribution in [3.05, 3.63) is 91.0 Å². The fourth-order valence-electron chi connectivity index (χ4n) is 2.72. The molecular weight excluding hydrogens is 426 g/mol. The molecule has 0 fully saturated rings. The smallest absolute Gasteiger partial charge is 0.335 e. The van der Waals surface area contributed by atoms with Crippen LogP contribution in [-0.2, 0) is 6.42 Å². The zero-order valence-electron chi connectivity index (χ0n) is 14.7. The Labute approximate surface area is 168 Å². The van der Waals surface area contributed by atoms with E-state index >= 15 is 0 Å². The molecule has 28 heavy (non-hydrogen) atoms. The Kier molecular flexibility index (Phi) is 6.23. The van der Waals surface area contributed by atoms with Crippen molar-refractivity contribution in [3.8, 4) is 11.6 Å². The average Bonchev–Trinajstić information content (AvgIpc) is 2.69. The first-order chi connectivity index (χ1) is 13.5. The highest BCUT2D eigenvalue weighted by molar-refractivity contribution is 9.10. The summed E-state index contributed by atoms with van der Waals surface area (Å²) in [5, 5.41) is 20.1. The number of aliphatic hydroxyl groups excluding tert-OH is 1. The third kappa shape index (κ3) is 4.47. The maximum Gasteiger partial charge on any atom is 0.335 e. The topological polar surface area (TPSA) is 108 Å². The van der Waals surface area contributed by atoms with Crippen molar-refractivity contribution in [1.29, 1.82) is 0 Å². The highest BCUT2D eigenvalue weighted by Gasteiger charge is 2.15.